The van der Waals surface area contributed by atoms with E-state index in [4.69, 9.17) is 0 Å². The topological polar surface area (TPSA) is 17.8 Å². The summed E-state index contributed by atoms with van der Waals surface area (Å²) in [6.07, 6.45) is 2.11. The number of hydrogen-bond acceptors (Lipinski definition) is 1. The number of fused-ring (bicyclic) bond motifs is 1. The molecule has 2 heteroatoms. The van der Waals surface area contributed by atoms with Crippen molar-refractivity contribution in [2.24, 2.45) is 0 Å². The van der Waals surface area contributed by atoms with E-state index >= 15 is 0 Å². The summed E-state index contributed by atoms with van der Waals surface area (Å²) in [5, 5.41) is 0. The van der Waals surface area contributed by atoms with Crippen LogP contribution in [0.25, 0.3) is 11.0 Å². The molecule has 0 amide bonds. The highest BCUT2D eigenvalue weighted by Gasteiger charge is 2.04. The first-order valence-electron chi connectivity index (χ1n) is 4.60. The van der Waals surface area contributed by atoms with Gasteiger partial charge in [-0.05, 0) is 18.6 Å². The SMILES string of the molecule is [CH2]n1c(CCC)nc2ccccc21. The number of aryl methyl sites for hydroxylation is 1. The first-order chi connectivity index (χ1) is 6.33. The second-order valence-electron chi connectivity index (χ2n) is 3.19. The lowest BCUT2D eigenvalue weighted by Crippen LogP contribution is -1.94. The molecule has 2 nitrogen and oxygen atoms in total. The Morgan fingerprint density at radius 2 is 2.15 bits per heavy atom. The molecule has 0 bridgehead atoms. The molecule has 0 spiro atoms. The van der Waals surface area contributed by atoms with Gasteiger partial charge in [-0.1, -0.05) is 19.1 Å². The molecule has 0 fully saturated rings. The summed E-state index contributed by atoms with van der Waals surface area (Å²) in [5.74, 6) is 1.07. The summed E-state index contributed by atoms with van der Waals surface area (Å²) in [7, 11) is 3.98. The van der Waals surface area contributed by atoms with Crippen molar-refractivity contribution in [3.8, 4) is 0 Å². The maximum atomic E-state index is 4.50. The second-order valence-corrected chi connectivity index (χ2v) is 3.19. The molecule has 0 N–H and O–H groups in total. The monoisotopic (exact) mass is 173 g/mol. The van der Waals surface area contributed by atoms with Crippen molar-refractivity contribution in [3.63, 3.8) is 0 Å². The smallest absolute Gasteiger partial charge is 0.109 e. The largest absolute Gasteiger partial charge is 0.326 e. The third-order valence-corrected chi connectivity index (χ3v) is 2.21. The molecule has 2 rings (SSSR count). The van der Waals surface area contributed by atoms with Crippen LogP contribution < -0.4 is 0 Å². The number of nitrogens with zero attached hydrogens (tertiary/aromatic N) is 2. The fraction of sp³-hybridized carbons (Fsp3) is 0.273. The van der Waals surface area contributed by atoms with Gasteiger partial charge < -0.3 is 4.57 Å². The zero-order chi connectivity index (χ0) is 9.26. The van der Waals surface area contributed by atoms with Gasteiger partial charge in [0.2, 0.25) is 0 Å². The minimum Gasteiger partial charge on any atom is -0.326 e. The molecule has 1 heterocycles. The molecule has 0 saturated carbocycles. The minimum atomic E-state index is 0.998. The first-order valence-corrected chi connectivity index (χ1v) is 4.60. The molecule has 13 heavy (non-hydrogen) atoms. The average molecular weight is 173 g/mol. The van der Waals surface area contributed by atoms with Crippen LogP contribution in [0, 0.1) is 7.05 Å². The van der Waals surface area contributed by atoms with Crippen LogP contribution in [-0.2, 0) is 6.42 Å². The van der Waals surface area contributed by atoms with Gasteiger partial charge in [0.25, 0.3) is 0 Å². The Morgan fingerprint density at radius 1 is 1.38 bits per heavy atom. The van der Waals surface area contributed by atoms with E-state index in [1.165, 1.54) is 0 Å². The Hall–Kier alpha value is -1.31. The Labute approximate surface area is 78.2 Å². The van der Waals surface area contributed by atoms with Crippen LogP contribution in [0.5, 0.6) is 0 Å². The molecular formula is C11H13N2. The molecule has 0 unspecified atom stereocenters. The summed E-state index contributed by atoms with van der Waals surface area (Å²) in [6, 6.07) is 8.09. The van der Waals surface area contributed by atoms with E-state index in [-0.39, 0.29) is 0 Å². The normalized spacial score (nSPS) is 10.9. The van der Waals surface area contributed by atoms with Crippen molar-refractivity contribution in [1.82, 2.24) is 9.55 Å². The minimum absolute atomic E-state index is 0.998. The van der Waals surface area contributed by atoms with E-state index in [9.17, 15) is 0 Å². The van der Waals surface area contributed by atoms with Gasteiger partial charge >= 0.3 is 0 Å². The second kappa shape index (κ2) is 3.21. The third kappa shape index (κ3) is 1.32. The number of imidazole rings is 1. The summed E-state index contributed by atoms with van der Waals surface area (Å²) < 4.78 is 1.93. The quantitative estimate of drug-likeness (QED) is 0.682. The average Bonchev–Trinajstić information content (AvgIpc) is 2.46. The lowest BCUT2D eigenvalue weighted by Gasteiger charge is -1.98. The maximum Gasteiger partial charge on any atom is 0.109 e. The highest BCUT2D eigenvalue weighted by molar-refractivity contribution is 5.76. The van der Waals surface area contributed by atoms with Crippen LogP contribution in [0.15, 0.2) is 24.3 Å². The summed E-state index contributed by atoms with van der Waals surface area (Å²) in [4.78, 5) is 4.50. The van der Waals surface area contributed by atoms with Crippen LogP contribution in [0.1, 0.15) is 19.2 Å². The van der Waals surface area contributed by atoms with Crippen LogP contribution in [0.2, 0.25) is 0 Å². The number of para-hydroxylation sites is 2. The van der Waals surface area contributed by atoms with Gasteiger partial charge in [0.05, 0.1) is 11.0 Å². The van der Waals surface area contributed by atoms with Gasteiger partial charge in [-0.25, -0.2) is 4.98 Å². The van der Waals surface area contributed by atoms with Gasteiger partial charge in [0.15, 0.2) is 0 Å². The number of rotatable bonds is 2. The predicted molar refractivity (Wildman–Crippen MR) is 54.5 cm³/mol. The molecule has 1 aromatic heterocycles. The van der Waals surface area contributed by atoms with E-state index in [0.29, 0.717) is 0 Å². The fourth-order valence-electron chi connectivity index (χ4n) is 1.54. The van der Waals surface area contributed by atoms with E-state index in [2.05, 4.69) is 25.0 Å². The molecule has 0 aliphatic heterocycles. The predicted octanol–water partition coefficient (Wildman–Crippen LogP) is 2.63. The lowest BCUT2D eigenvalue weighted by molar-refractivity contribution is 0.817. The van der Waals surface area contributed by atoms with Gasteiger partial charge in [-0.2, -0.15) is 0 Å². The first kappa shape index (κ1) is 8.30. The summed E-state index contributed by atoms with van der Waals surface area (Å²) in [5.41, 5.74) is 2.16. The van der Waals surface area contributed by atoms with Crippen molar-refractivity contribution >= 4 is 11.0 Å². The number of aromatic nitrogens is 2. The van der Waals surface area contributed by atoms with Crippen molar-refractivity contribution in [1.29, 1.82) is 0 Å². The summed E-state index contributed by atoms with van der Waals surface area (Å²) >= 11 is 0. The van der Waals surface area contributed by atoms with Crippen molar-refractivity contribution in [3.05, 3.63) is 37.1 Å². The van der Waals surface area contributed by atoms with E-state index in [1.54, 1.807) is 0 Å². The third-order valence-electron chi connectivity index (χ3n) is 2.21. The van der Waals surface area contributed by atoms with Crippen LogP contribution in [0.3, 0.4) is 0 Å². The highest BCUT2D eigenvalue weighted by atomic mass is 15.1. The molecule has 0 aliphatic rings. The molecule has 1 radical (unpaired) electrons. The number of benzene rings is 1. The van der Waals surface area contributed by atoms with Crippen molar-refractivity contribution < 1.29 is 0 Å². The fourth-order valence-corrected chi connectivity index (χ4v) is 1.54. The molecule has 1 aromatic carbocycles. The molecular weight excluding hydrogens is 160 g/mol. The Balaban J connectivity index is 2.60. The molecule has 67 valence electrons. The van der Waals surface area contributed by atoms with Gasteiger partial charge in [0.1, 0.15) is 5.82 Å². The Kier molecular flexibility index (Phi) is 2.05. The number of hydrogen-bond donors (Lipinski definition) is 0. The van der Waals surface area contributed by atoms with Crippen LogP contribution >= 0.6 is 0 Å². The van der Waals surface area contributed by atoms with Crippen molar-refractivity contribution in [2.75, 3.05) is 0 Å². The molecule has 0 atom stereocenters. The Bertz CT molecular complexity index is 415. The molecule has 0 saturated heterocycles. The van der Waals surface area contributed by atoms with E-state index in [1.807, 2.05) is 22.8 Å². The Morgan fingerprint density at radius 3 is 2.85 bits per heavy atom. The maximum absolute atomic E-state index is 4.50. The van der Waals surface area contributed by atoms with Crippen molar-refractivity contribution in [2.45, 2.75) is 19.8 Å². The molecule has 0 aliphatic carbocycles. The zero-order valence-corrected chi connectivity index (χ0v) is 7.83. The zero-order valence-electron chi connectivity index (χ0n) is 7.83. The lowest BCUT2D eigenvalue weighted by atomic mass is 10.3. The van der Waals surface area contributed by atoms with Gasteiger partial charge in [0, 0.05) is 13.5 Å². The summed E-state index contributed by atoms with van der Waals surface area (Å²) in [6.45, 7) is 2.15. The van der Waals surface area contributed by atoms with E-state index < -0.39 is 0 Å². The van der Waals surface area contributed by atoms with Gasteiger partial charge in [-0.3, -0.25) is 0 Å². The highest BCUT2D eigenvalue weighted by Crippen LogP contribution is 2.15. The standard InChI is InChI=1S/C11H13N2/c1-3-6-11-12-9-7-4-5-8-10(9)13(11)2/h4-5,7-8H,2-3,6H2,1H3. The van der Waals surface area contributed by atoms with E-state index in [0.717, 1.165) is 29.7 Å². The molecule has 2 aromatic rings. The van der Waals surface area contributed by atoms with Crippen LogP contribution in [-0.4, -0.2) is 9.55 Å². The van der Waals surface area contributed by atoms with Crippen LogP contribution in [0.4, 0.5) is 0 Å². The van der Waals surface area contributed by atoms with Gasteiger partial charge in [-0.15, -0.1) is 0 Å².